The Labute approximate surface area is 316 Å². The summed E-state index contributed by atoms with van der Waals surface area (Å²) in [7, 11) is 2.42. The molecular weight excluding hydrogens is 655 g/mol. The van der Waals surface area contributed by atoms with E-state index in [1.54, 1.807) is 0 Å². The molecule has 0 bridgehead atoms. The van der Waals surface area contributed by atoms with E-state index in [-0.39, 0.29) is 10.8 Å². The van der Waals surface area contributed by atoms with E-state index in [9.17, 15) is 0 Å². The Balaban J connectivity index is 1.20. The van der Waals surface area contributed by atoms with Crippen LogP contribution in [-0.4, -0.2) is 11.8 Å². The summed E-state index contributed by atoms with van der Waals surface area (Å²) in [6.07, 6.45) is 2.38. The predicted octanol–water partition coefficient (Wildman–Crippen LogP) is 12.2. The van der Waals surface area contributed by atoms with E-state index in [4.69, 9.17) is 4.42 Å². The molecule has 1 N–H and O–H groups in total. The minimum atomic E-state index is 0.108. The maximum atomic E-state index is 6.59. The first kappa shape index (κ1) is 31.8. The third-order valence-corrected chi connectivity index (χ3v) is 12.8. The van der Waals surface area contributed by atoms with Crippen molar-refractivity contribution < 1.29 is 4.42 Å². The van der Waals surface area contributed by atoms with Crippen molar-refractivity contribution in [2.24, 2.45) is 0 Å². The molecule has 4 heteroatoms. The molecule has 0 atom stereocenters. The van der Waals surface area contributed by atoms with Gasteiger partial charge in [0.25, 0.3) is 0 Å². The van der Waals surface area contributed by atoms with Gasteiger partial charge in [-0.25, -0.2) is 0 Å². The summed E-state index contributed by atoms with van der Waals surface area (Å²) in [4.78, 5) is 0. The number of fused-ring (bicyclic) bond motifs is 10. The lowest BCUT2D eigenvalue weighted by Crippen LogP contribution is -2.37. The SMILES string of the molecule is Cc1cc(-c2c(Nc3cc4c(cc3C)C(C)(C)CCC4(C)C)ccc3oc4ccccc4c23)c2c(c1)-n1c3cc4ccccc4cc3c3cccc(c31)[B]2. The molecule has 0 fully saturated rings. The van der Waals surface area contributed by atoms with E-state index >= 15 is 0 Å². The number of rotatable bonds is 3. The van der Waals surface area contributed by atoms with Crippen LogP contribution in [0.1, 0.15) is 62.8 Å². The minimum absolute atomic E-state index is 0.108. The van der Waals surface area contributed by atoms with Crippen LogP contribution in [0.4, 0.5) is 11.4 Å². The topological polar surface area (TPSA) is 30.1 Å². The smallest absolute Gasteiger partial charge is 0.197 e. The van der Waals surface area contributed by atoms with E-state index in [0.717, 1.165) is 33.3 Å². The monoisotopic (exact) mass is 697 g/mol. The Morgan fingerprint density at radius 1 is 0.648 bits per heavy atom. The number of aryl methyl sites for hydroxylation is 2. The van der Waals surface area contributed by atoms with E-state index in [1.165, 1.54) is 95.4 Å². The van der Waals surface area contributed by atoms with Crippen LogP contribution in [0.5, 0.6) is 0 Å². The fraction of sp³-hybridized carbons (Fsp3) is 0.200. The Kier molecular flexibility index (Phi) is 6.42. The van der Waals surface area contributed by atoms with E-state index in [2.05, 4.69) is 174 Å². The van der Waals surface area contributed by atoms with Crippen LogP contribution in [0.15, 0.2) is 120 Å². The molecule has 2 aromatic heterocycles. The molecule has 1 aliphatic heterocycles. The van der Waals surface area contributed by atoms with Gasteiger partial charge in [-0.2, -0.15) is 0 Å². The number of anilines is 2. The molecule has 54 heavy (non-hydrogen) atoms. The molecule has 0 unspecified atom stereocenters. The zero-order valence-electron chi connectivity index (χ0n) is 31.8. The number of furan rings is 1. The first-order valence-electron chi connectivity index (χ1n) is 19.4. The Morgan fingerprint density at radius 2 is 1.37 bits per heavy atom. The third-order valence-electron chi connectivity index (χ3n) is 12.8. The summed E-state index contributed by atoms with van der Waals surface area (Å²) in [5.41, 5.74) is 18.3. The van der Waals surface area contributed by atoms with Crippen LogP contribution in [0.3, 0.4) is 0 Å². The molecule has 9 aromatic rings. The number of aromatic nitrogens is 1. The molecule has 1 radical (unpaired) electrons. The van der Waals surface area contributed by atoms with Crippen LogP contribution >= 0.6 is 0 Å². The van der Waals surface area contributed by atoms with Crippen molar-refractivity contribution in [3.63, 3.8) is 0 Å². The number of hydrogen-bond acceptors (Lipinski definition) is 2. The highest BCUT2D eigenvalue weighted by atomic mass is 16.3. The lowest BCUT2D eigenvalue weighted by Gasteiger charge is -2.42. The van der Waals surface area contributed by atoms with Crippen LogP contribution in [0.25, 0.3) is 71.3 Å². The van der Waals surface area contributed by atoms with Crippen molar-refractivity contribution in [3.8, 4) is 16.8 Å². The highest BCUT2D eigenvalue weighted by Crippen LogP contribution is 2.49. The normalized spacial score (nSPS) is 15.5. The number of nitrogens with one attached hydrogen (secondary N) is 1. The first-order chi connectivity index (χ1) is 26.1. The van der Waals surface area contributed by atoms with Gasteiger partial charge in [0.05, 0.1) is 5.52 Å². The standard InChI is InChI=1S/C50H42BN2O/c1-28-22-35(47-42(23-28)53-41-26-31-13-8-7-12-30(31)25-34(41)32-15-11-16-38(51-47)48(32)53)45-39(18-19-44-46(45)33-14-9-10-17-43(33)54-44)52-40-27-37-36(24-29(40)2)49(3,4)20-21-50(37,5)6/h7-19,22-27,52H,20-21H2,1-6H3. The van der Waals surface area contributed by atoms with Gasteiger partial charge in [-0.15, -0.1) is 0 Å². The molecule has 3 heterocycles. The molecular formula is C50H42BN2O. The van der Waals surface area contributed by atoms with Crippen LogP contribution in [0, 0.1) is 13.8 Å². The number of para-hydroxylation sites is 2. The van der Waals surface area contributed by atoms with Crippen molar-refractivity contribution >= 4 is 84.1 Å². The lowest BCUT2D eigenvalue weighted by atomic mass is 9.58. The fourth-order valence-corrected chi connectivity index (χ4v) is 9.82. The predicted molar refractivity (Wildman–Crippen MR) is 231 cm³/mol. The van der Waals surface area contributed by atoms with Gasteiger partial charge in [0.2, 0.25) is 0 Å². The largest absolute Gasteiger partial charge is 0.456 e. The average molecular weight is 698 g/mol. The third kappa shape index (κ3) is 4.43. The first-order valence-corrected chi connectivity index (χ1v) is 19.4. The highest BCUT2D eigenvalue weighted by Gasteiger charge is 2.38. The van der Waals surface area contributed by atoms with Gasteiger partial charge in [0.15, 0.2) is 7.28 Å². The van der Waals surface area contributed by atoms with Gasteiger partial charge in [-0.3, -0.25) is 0 Å². The molecule has 7 aromatic carbocycles. The van der Waals surface area contributed by atoms with Crippen molar-refractivity contribution in [2.45, 2.75) is 65.2 Å². The summed E-state index contributed by atoms with van der Waals surface area (Å²) in [5.74, 6) is 0. The number of hydrogen-bond donors (Lipinski definition) is 1. The van der Waals surface area contributed by atoms with Crippen molar-refractivity contribution in [2.75, 3.05) is 5.32 Å². The average Bonchev–Trinajstić information content (AvgIpc) is 3.70. The summed E-state index contributed by atoms with van der Waals surface area (Å²) in [6.45, 7) is 14.1. The maximum absolute atomic E-state index is 6.59. The molecule has 0 saturated carbocycles. The molecule has 11 rings (SSSR count). The second kappa shape index (κ2) is 10.9. The van der Waals surface area contributed by atoms with Gasteiger partial charge < -0.3 is 14.3 Å². The van der Waals surface area contributed by atoms with Gasteiger partial charge >= 0.3 is 0 Å². The zero-order chi connectivity index (χ0) is 36.7. The number of nitrogens with zero attached hydrogens (tertiary/aromatic N) is 1. The van der Waals surface area contributed by atoms with Crippen LogP contribution in [-0.2, 0) is 10.8 Å². The Bertz CT molecular complexity index is 3080. The summed E-state index contributed by atoms with van der Waals surface area (Å²) in [5, 5.41) is 11.4. The van der Waals surface area contributed by atoms with Crippen LogP contribution < -0.4 is 16.2 Å². The van der Waals surface area contributed by atoms with Crippen molar-refractivity contribution in [3.05, 3.63) is 138 Å². The molecule has 0 amide bonds. The Morgan fingerprint density at radius 3 is 2.19 bits per heavy atom. The molecule has 0 spiro atoms. The quantitative estimate of drug-likeness (QED) is 0.186. The molecule has 3 nitrogen and oxygen atoms in total. The van der Waals surface area contributed by atoms with Crippen LogP contribution in [0.2, 0.25) is 0 Å². The van der Waals surface area contributed by atoms with E-state index in [0.29, 0.717) is 0 Å². The second-order valence-electron chi connectivity index (χ2n) is 17.2. The minimum Gasteiger partial charge on any atom is -0.456 e. The van der Waals surface area contributed by atoms with Crippen molar-refractivity contribution in [1.29, 1.82) is 0 Å². The molecule has 2 aliphatic rings. The van der Waals surface area contributed by atoms with E-state index < -0.39 is 0 Å². The summed E-state index contributed by atoms with van der Waals surface area (Å²) >= 11 is 0. The summed E-state index contributed by atoms with van der Waals surface area (Å²) < 4.78 is 9.11. The lowest BCUT2D eigenvalue weighted by molar-refractivity contribution is 0.332. The van der Waals surface area contributed by atoms with Crippen molar-refractivity contribution in [1.82, 2.24) is 4.57 Å². The summed E-state index contributed by atoms with van der Waals surface area (Å²) in [6, 6.07) is 42.8. The number of benzene rings is 7. The Hall–Kier alpha value is -5.74. The van der Waals surface area contributed by atoms with E-state index in [1.807, 2.05) is 0 Å². The van der Waals surface area contributed by atoms with Gasteiger partial charge in [-0.05, 0) is 124 Å². The highest BCUT2D eigenvalue weighted by molar-refractivity contribution is 6.73. The molecule has 0 saturated heterocycles. The van der Waals surface area contributed by atoms with Gasteiger partial charge in [0.1, 0.15) is 11.2 Å². The zero-order valence-corrected chi connectivity index (χ0v) is 31.8. The maximum Gasteiger partial charge on any atom is 0.197 e. The second-order valence-corrected chi connectivity index (χ2v) is 17.2. The molecule has 261 valence electrons. The molecule has 1 aliphatic carbocycles. The van der Waals surface area contributed by atoms with Gasteiger partial charge in [-0.1, -0.05) is 106 Å². The fourth-order valence-electron chi connectivity index (χ4n) is 9.82. The van der Waals surface area contributed by atoms with Gasteiger partial charge in [0, 0.05) is 49.7 Å².